The number of fused-ring (bicyclic) bond motifs is 3. The van der Waals surface area contributed by atoms with Gasteiger partial charge in [0.25, 0.3) is 0 Å². The Bertz CT molecular complexity index is 517. The third-order valence-corrected chi connectivity index (χ3v) is 2.28. The summed E-state index contributed by atoms with van der Waals surface area (Å²) in [6.45, 7) is 12.0. The molecule has 0 amide bonds. The zero-order chi connectivity index (χ0) is 14.7. The van der Waals surface area contributed by atoms with Crippen LogP contribution in [0.1, 0.15) is 41.5 Å². The molecule has 0 unspecified atom stereocenters. The Balaban J connectivity index is 0.000000482. The molecular weight excluding hydrogens is 232 g/mol. The highest BCUT2D eigenvalue weighted by Crippen LogP contribution is 2.22. The molecule has 1 N–H and O–H groups in total. The zero-order valence-electron chi connectivity index (χ0n) is 13.0. The van der Waals surface area contributed by atoms with Gasteiger partial charge in [-0.1, -0.05) is 59.7 Å². The lowest BCUT2D eigenvalue weighted by Crippen LogP contribution is -1.71. The number of pyridine rings is 1. The summed E-state index contributed by atoms with van der Waals surface area (Å²) in [7, 11) is 0. The van der Waals surface area contributed by atoms with Crippen LogP contribution in [0.25, 0.3) is 21.9 Å². The van der Waals surface area contributed by atoms with Gasteiger partial charge in [-0.05, 0) is 18.2 Å². The monoisotopic (exact) mass is 258 g/mol. The molecule has 104 valence electrons. The summed E-state index contributed by atoms with van der Waals surface area (Å²) in [5.74, 6) is 0. The summed E-state index contributed by atoms with van der Waals surface area (Å²) in [6, 6.07) is 12.3. The van der Waals surface area contributed by atoms with Gasteiger partial charge in [0.1, 0.15) is 5.65 Å². The van der Waals surface area contributed by atoms with Gasteiger partial charge in [-0.3, -0.25) is 0 Å². The molecule has 0 atom stereocenters. The van der Waals surface area contributed by atoms with Crippen LogP contribution in [0.3, 0.4) is 0 Å². The summed E-state index contributed by atoms with van der Waals surface area (Å²) >= 11 is 0. The maximum atomic E-state index is 4.26. The summed E-state index contributed by atoms with van der Waals surface area (Å²) in [6.07, 6.45) is 1.80. The van der Waals surface area contributed by atoms with Crippen molar-refractivity contribution in [2.24, 2.45) is 0 Å². The fourth-order valence-corrected chi connectivity index (χ4v) is 1.68. The number of nitrogens with one attached hydrogen (secondary N) is 1. The van der Waals surface area contributed by atoms with Crippen molar-refractivity contribution >= 4 is 21.9 Å². The average molecular weight is 258 g/mol. The predicted octanol–water partition coefficient (Wildman–Crippen LogP) is 5.79. The minimum Gasteiger partial charge on any atom is -0.339 e. The molecule has 2 heterocycles. The number of nitrogens with zero attached hydrogens (tertiary/aromatic N) is 1. The molecule has 1 aromatic carbocycles. The van der Waals surface area contributed by atoms with Gasteiger partial charge < -0.3 is 4.98 Å². The number of aromatic amines is 1. The van der Waals surface area contributed by atoms with Crippen LogP contribution in [-0.4, -0.2) is 9.97 Å². The van der Waals surface area contributed by atoms with Gasteiger partial charge in [-0.15, -0.1) is 0 Å². The van der Waals surface area contributed by atoms with E-state index in [1.54, 1.807) is 6.20 Å². The molecule has 2 nitrogen and oxygen atoms in total. The SMILES string of the molecule is CC.CC.CC.c1ccc2c(c1)[nH]c1ncccc12. The molecule has 0 fully saturated rings. The lowest BCUT2D eigenvalue weighted by molar-refractivity contribution is 1.35. The normalized spacial score (nSPS) is 8.53. The van der Waals surface area contributed by atoms with Crippen molar-refractivity contribution in [3.8, 4) is 0 Å². The number of benzene rings is 1. The van der Waals surface area contributed by atoms with Crippen molar-refractivity contribution < 1.29 is 0 Å². The highest BCUT2D eigenvalue weighted by Gasteiger charge is 2.01. The number of hydrogen-bond donors (Lipinski definition) is 1. The number of para-hydroxylation sites is 1. The molecule has 0 aliphatic carbocycles. The summed E-state index contributed by atoms with van der Waals surface area (Å²) in [5.41, 5.74) is 2.11. The van der Waals surface area contributed by atoms with Crippen LogP contribution in [0.5, 0.6) is 0 Å². The van der Waals surface area contributed by atoms with Gasteiger partial charge in [-0.25, -0.2) is 4.98 Å². The average Bonchev–Trinajstić information content (AvgIpc) is 2.92. The van der Waals surface area contributed by atoms with Crippen LogP contribution >= 0.6 is 0 Å². The minimum atomic E-state index is 0.962. The summed E-state index contributed by atoms with van der Waals surface area (Å²) < 4.78 is 0. The maximum absolute atomic E-state index is 4.26. The minimum absolute atomic E-state index is 0.962. The molecule has 3 rings (SSSR count). The van der Waals surface area contributed by atoms with Crippen LogP contribution in [0.4, 0.5) is 0 Å². The predicted molar refractivity (Wildman–Crippen MR) is 87.6 cm³/mol. The lowest BCUT2D eigenvalue weighted by atomic mass is 10.2. The highest BCUT2D eigenvalue weighted by atomic mass is 14.8. The Hall–Kier alpha value is -1.83. The fraction of sp³-hybridized carbons (Fsp3) is 0.353. The molecule has 0 saturated carbocycles. The fourth-order valence-electron chi connectivity index (χ4n) is 1.68. The van der Waals surface area contributed by atoms with Crippen molar-refractivity contribution in [2.45, 2.75) is 41.5 Å². The van der Waals surface area contributed by atoms with Crippen LogP contribution in [0, 0.1) is 0 Å². The van der Waals surface area contributed by atoms with Crippen molar-refractivity contribution in [2.75, 3.05) is 0 Å². The highest BCUT2D eigenvalue weighted by molar-refractivity contribution is 6.05. The van der Waals surface area contributed by atoms with Crippen LogP contribution < -0.4 is 0 Å². The quantitative estimate of drug-likeness (QED) is 0.542. The number of aromatic nitrogens is 2. The lowest BCUT2D eigenvalue weighted by Gasteiger charge is -1.87. The van der Waals surface area contributed by atoms with Crippen molar-refractivity contribution in [1.29, 1.82) is 0 Å². The first-order valence-corrected chi connectivity index (χ1v) is 7.26. The largest absolute Gasteiger partial charge is 0.339 e. The maximum Gasteiger partial charge on any atom is 0.138 e. The molecule has 2 heteroatoms. The third kappa shape index (κ3) is 4.09. The molecule has 3 aromatic rings. The van der Waals surface area contributed by atoms with Crippen LogP contribution in [0.15, 0.2) is 42.6 Å². The second kappa shape index (κ2) is 10.1. The second-order valence-electron chi connectivity index (χ2n) is 3.07. The molecule has 0 spiro atoms. The Morgan fingerprint density at radius 2 is 1.32 bits per heavy atom. The Morgan fingerprint density at radius 1 is 0.737 bits per heavy atom. The first kappa shape index (κ1) is 17.2. The van der Waals surface area contributed by atoms with Crippen molar-refractivity contribution in [3.05, 3.63) is 42.6 Å². The van der Waals surface area contributed by atoms with Crippen molar-refractivity contribution in [1.82, 2.24) is 9.97 Å². The molecule has 0 aliphatic heterocycles. The summed E-state index contributed by atoms with van der Waals surface area (Å²) in [5, 5.41) is 2.43. The van der Waals surface area contributed by atoms with Gasteiger partial charge in [0.2, 0.25) is 0 Å². The van der Waals surface area contributed by atoms with E-state index in [-0.39, 0.29) is 0 Å². The number of rotatable bonds is 0. The van der Waals surface area contributed by atoms with Gasteiger partial charge in [0.15, 0.2) is 0 Å². The van der Waals surface area contributed by atoms with Crippen LogP contribution in [-0.2, 0) is 0 Å². The van der Waals surface area contributed by atoms with E-state index in [2.05, 4.69) is 28.2 Å². The van der Waals surface area contributed by atoms with Gasteiger partial charge in [0.05, 0.1) is 0 Å². The van der Waals surface area contributed by atoms with Gasteiger partial charge in [0, 0.05) is 22.5 Å². The smallest absolute Gasteiger partial charge is 0.138 e. The standard InChI is InChI=1S/C11H8N2.3C2H6/c1-2-6-10-8(4-1)9-5-3-7-12-11(9)13-10;3*1-2/h1-7H,(H,12,13);3*1-2H3. The van der Waals surface area contributed by atoms with E-state index in [0.29, 0.717) is 0 Å². The molecule has 0 saturated heterocycles. The Morgan fingerprint density at radius 3 is 2.00 bits per heavy atom. The first-order valence-electron chi connectivity index (χ1n) is 7.26. The molecule has 0 radical (unpaired) electrons. The first-order chi connectivity index (χ1) is 9.45. The van der Waals surface area contributed by atoms with Gasteiger partial charge >= 0.3 is 0 Å². The second-order valence-corrected chi connectivity index (χ2v) is 3.07. The van der Waals surface area contributed by atoms with E-state index >= 15 is 0 Å². The van der Waals surface area contributed by atoms with E-state index in [4.69, 9.17) is 0 Å². The van der Waals surface area contributed by atoms with E-state index in [1.807, 2.05) is 59.7 Å². The van der Waals surface area contributed by atoms with E-state index in [9.17, 15) is 0 Å². The van der Waals surface area contributed by atoms with Crippen LogP contribution in [0.2, 0.25) is 0 Å². The topological polar surface area (TPSA) is 28.7 Å². The van der Waals surface area contributed by atoms with Gasteiger partial charge in [-0.2, -0.15) is 0 Å². The van der Waals surface area contributed by atoms with E-state index < -0.39 is 0 Å². The zero-order valence-corrected chi connectivity index (χ0v) is 13.0. The van der Waals surface area contributed by atoms with E-state index in [0.717, 1.165) is 11.2 Å². The number of hydrogen-bond acceptors (Lipinski definition) is 1. The Labute approximate surface area is 116 Å². The summed E-state index contributed by atoms with van der Waals surface area (Å²) in [4.78, 5) is 7.53. The van der Waals surface area contributed by atoms with Crippen molar-refractivity contribution in [3.63, 3.8) is 0 Å². The number of H-pyrrole nitrogens is 1. The molecular formula is C17H26N2. The molecule has 0 bridgehead atoms. The molecule has 0 aliphatic rings. The molecule has 19 heavy (non-hydrogen) atoms. The molecule has 2 aromatic heterocycles. The third-order valence-electron chi connectivity index (χ3n) is 2.28. The van der Waals surface area contributed by atoms with E-state index in [1.165, 1.54) is 10.8 Å². The Kier molecular flexibility index (Phi) is 9.15.